The minimum Gasteiger partial charge on any atom is -0.353 e. The lowest BCUT2D eigenvalue weighted by atomic mass is 10.1. The summed E-state index contributed by atoms with van der Waals surface area (Å²) in [6.45, 7) is 0.652. The number of benzene rings is 2. The maximum atomic E-state index is 12.9. The van der Waals surface area contributed by atoms with Crippen molar-refractivity contribution in [2.75, 3.05) is 18.8 Å². The lowest BCUT2D eigenvalue weighted by Gasteiger charge is -2.34. The number of hydrogen-bond donors (Lipinski definition) is 1. The van der Waals surface area contributed by atoms with Crippen molar-refractivity contribution in [1.29, 1.82) is 0 Å². The summed E-state index contributed by atoms with van der Waals surface area (Å²) in [7, 11) is -3.51. The van der Waals surface area contributed by atoms with Crippen molar-refractivity contribution in [3.63, 3.8) is 0 Å². The van der Waals surface area contributed by atoms with Crippen molar-refractivity contribution in [3.8, 4) is 0 Å². The second kappa shape index (κ2) is 7.80. The molecule has 0 saturated carbocycles. The fourth-order valence-electron chi connectivity index (χ4n) is 3.12. The van der Waals surface area contributed by atoms with E-state index in [0.717, 1.165) is 5.56 Å². The normalized spacial score (nSPS) is 18.7. The van der Waals surface area contributed by atoms with Crippen LogP contribution < -0.4 is 5.32 Å². The molecule has 1 heterocycles. The minimum absolute atomic E-state index is 0.0402. The van der Waals surface area contributed by atoms with Gasteiger partial charge in [-0.3, -0.25) is 4.79 Å². The number of carbonyl (C=O) groups is 1. The van der Waals surface area contributed by atoms with Crippen LogP contribution in [-0.2, 0) is 21.2 Å². The number of amides is 1. The summed E-state index contributed by atoms with van der Waals surface area (Å²) < 4.78 is 27.1. The van der Waals surface area contributed by atoms with E-state index in [-0.39, 0.29) is 11.7 Å². The standard InChI is InChI=1S/C19H22N2O3S/c22-19-18(17-11-5-2-6-12-17)21(14-13-20-19)25(23,24)15-7-10-16-8-3-1-4-9-16/h1-6,8-9,11-12,18H,7,10,13-15H2,(H,20,22). The topological polar surface area (TPSA) is 66.5 Å². The number of sulfonamides is 1. The molecule has 2 aromatic carbocycles. The zero-order chi connectivity index (χ0) is 17.7. The van der Waals surface area contributed by atoms with Crippen LogP contribution in [0.4, 0.5) is 0 Å². The second-order valence-corrected chi connectivity index (χ2v) is 8.16. The van der Waals surface area contributed by atoms with Crippen LogP contribution >= 0.6 is 0 Å². The summed E-state index contributed by atoms with van der Waals surface area (Å²) in [5.74, 6) is -0.220. The highest BCUT2D eigenvalue weighted by molar-refractivity contribution is 7.89. The predicted octanol–water partition coefficient (Wildman–Crippen LogP) is 2.12. The summed E-state index contributed by atoms with van der Waals surface area (Å²) in [5.41, 5.74) is 1.82. The summed E-state index contributed by atoms with van der Waals surface area (Å²) in [5, 5.41) is 2.77. The first kappa shape index (κ1) is 17.6. The molecule has 132 valence electrons. The highest BCUT2D eigenvalue weighted by atomic mass is 32.2. The fourth-order valence-corrected chi connectivity index (χ4v) is 4.77. The monoisotopic (exact) mass is 358 g/mol. The molecule has 0 spiro atoms. The molecule has 3 rings (SSSR count). The van der Waals surface area contributed by atoms with Crippen LogP contribution in [-0.4, -0.2) is 37.5 Å². The number of nitrogens with one attached hydrogen (secondary N) is 1. The SMILES string of the molecule is O=C1NCCN(S(=O)(=O)CCCc2ccccc2)C1c1ccccc1. The van der Waals surface area contributed by atoms with Crippen LogP contribution in [0.15, 0.2) is 60.7 Å². The van der Waals surface area contributed by atoms with Gasteiger partial charge in [-0.1, -0.05) is 60.7 Å². The molecule has 1 aliphatic heterocycles. The molecule has 2 aromatic rings. The number of hydrogen-bond acceptors (Lipinski definition) is 3. The third-order valence-corrected chi connectivity index (χ3v) is 6.26. The van der Waals surface area contributed by atoms with Gasteiger partial charge in [-0.15, -0.1) is 0 Å². The molecule has 1 N–H and O–H groups in total. The average molecular weight is 358 g/mol. The third-order valence-electron chi connectivity index (χ3n) is 4.35. The van der Waals surface area contributed by atoms with Gasteiger partial charge in [0.25, 0.3) is 0 Å². The van der Waals surface area contributed by atoms with Crippen LogP contribution in [0.2, 0.25) is 0 Å². The molecule has 0 radical (unpaired) electrons. The van der Waals surface area contributed by atoms with Crippen LogP contribution in [0.5, 0.6) is 0 Å². The molecule has 1 amide bonds. The van der Waals surface area contributed by atoms with Crippen molar-refractivity contribution in [3.05, 3.63) is 71.8 Å². The van der Waals surface area contributed by atoms with E-state index >= 15 is 0 Å². The highest BCUT2D eigenvalue weighted by Gasteiger charge is 2.38. The van der Waals surface area contributed by atoms with Gasteiger partial charge in [0.05, 0.1) is 5.75 Å². The Hall–Kier alpha value is -2.18. The highest BCUT2D eigenvalue weighted by Crippen LogP contribution is 2.26. The molecule has 1 saturated heterocycles. The zero-order valence-electron chi connectivity index (χ0n) is 14.0. The van der Waals surface area contributed by atoms with E-state index in [1.165, 1.54) is 4.31 Å². The Morgan fingerprint density at radius 1 is 1.00 bits per heavy atom. The van der Waals surface area contributed by atoms with E-state index in [4.69, 9.17) is 0 Å². The smallest absolute Gasteiger partial charge is 0.243 e. The van der Waals surface area contributed by atoms with Gasteiger partial charge >= 0.3 is 0 Å². The summed E-state index contributed by atoms with van der Waals surface area (Å²) in [4.78, 5) is 12.3. The molecular formula is C19H22N2O3S. The van der Waals surface area contributed by atoms with Crippen LogP contribution in [0.25, 0.3) is 0 Å². The Morgan fingerprint density at radius 3 is 2.32 bits per heavy atom. The molecule has 0 bridgehead atoms. The van der Waals surface area contributed by atoms with Gasteiger partial charge in [0.15, 0.2) is 0 Å². The number of piperazine rings is 1. The predicted molar refractivity (Wildman–Crippen MR) is 97.4 cm³/mol. The summed E-state index contributed by atoms with van der Waals surface area (Å²) >= 11 is 0. The van der Waals surface area contributed by atoms with Crippen molar-refractivity contribution < 1.29 is 13.2 Å². The maximum Gasteiger partial charge on any atom is 0.243 e. The van der Waals surface area contributed by atoms with Gasteiger partial charge in [0.1, 0.15) is 6.04 Å². The van der Waals surface area contributed by atoms with Crippen LogP contribution in [0.3, 0.4) is 0 Å². The Kier molecular flexibility index (Phi) is 5.50. The number of rotatable bonds is 6. The van der Waals surface area contributed by atoms with Crippen molar-refractivity contribution in [2.45, 2.75) is 18.9 Å². The lowest BCUT2D eigenvalue weighted by molar-refractivity contribution is -0.126. The Bertz CT molecular complexity index is 807. The van der Waals surface area contributed by atoms with Crippen molar-refractivity contribution in [2.24, 2.45) is 0 Å². The maximum absolute atomic E-state index is 12.9. The molecule has 1 aliphatic rings. The van der Waals surface area contributed by atoms with Gasteiger partial charge in [0, 0.05) is 13.1 Å². The van der Waals surface area contributed by atoms with Gasteiger partial charge in [-0.25, -0.2) is 8.42 Å². The molecule has 0 aromatic heterocycles. The number of aryl methyl sites for hydroxylation is 1. The fraction of sp³-hybridized carbons (Fsp3) is 0.316. The lowest BCUT2D eigenvalue weighted by Crippen LogP contribution is -2.52. The van der Waals surface area contributed by atoms with E-state index < -0.39 is 16.1 Å². The van der Waals surface area contributed by atoms with Crippen molar-refractivity contribution in [1.82, 2.24) is 9.62 Å². The molecule has 1 fully saturated rings. The van der Waals surface area contributed by atoms with E-state index in [2.05, 4.69) is 5.32 Å². The molecule has 25 heavy (non-hydrogen) atoms. The Labute approximate surface area is 148 Å². The van der Waals surface area contributed by atoms with E-state index in [9.17, 15) is 13.2 Å². The first-order valence-corrected chi connectivity index (χ1v) is 10.0. The first-order valence-electron chi connectivity index (χ1n) is 8.44. The summed E-state index contributed by atoms with van der Waals surface area (Å²) in [6.07, 6.45) is 1.24. The number of carbonyl (C=O) groups excluding carboxylic acids is 1. The first-order chi connectivity index (χ1) is 12.1. The molecule has 1 unspecified atom stereocenters. The molecule has 0 aliphatic carbocycles. The molecule has 6 heteroatoms. The van der Waals surface area contributed by atoms with Gasteiger partial charge in [-0.05, 0) is 24.0 Å². The van der Waals surface area contributed by atoms with E-state index in [1.807, 2.05) is 48.5 Å². The quantitative estimate of drug-likeness (QED) is 0.860. The zero-order valence-corrected chi connectivity index (χ0v) is 14.8. The van der Waals surface area contributed by atoms with Crippen LogP contribution in [0, 0.1) is 0 Å². The summed E-state index contributed by atoms with van der Waals surface area (Å²) in [6, 6.07) is 18.1. The van der Waals surface area contributed by atoms with Gasteiger partial charge in [-0.2, -0.15) is 4.31 Å². The van der Waals surface area contributed by atoms with Crippen LogP contribution in [0.1, 0.15) is 23.6 Å². The molecule has 5 nitrogen and oxygen atoms in total. The minimum atomic E-state index is -3.51. The number of nitrogens with zero attached hydrogens (tertiary/aromatic N) is 1. The largest absolute Gasteiger partial charge is 0.353 e. The van der Waals surface area contributed by atoms with Gasteiger partial charge in [0.2, 0.25) is 15.9 Å². The molecular weight excluding hydrogens is 336 g/mol. The van der Waals surface area contributed by atoms with E-state index in [0.29, 0.717) is 31.5 Å². The van der Waals surface area contributed by atoms with Crippen molar-refractivity contribution >= 4 is 15.9 Å². The van der Waals surface area contributed by atoms with E-state index in [1.54, 1.807) is 12.1 Å². The Balaban J connectivity index is 1.73. The van der Waals surface area contributed by atoms with Gasteiger partial charge < -0.3 is 5.32 Å². The average Bonchev–Trinajstić information content (AvgIpc) is 2.63. The molecule has 1 atom stereocenters. The third kappa shape index (κ3) is 4.27. The second-order valence-electron chi connectivity index (χ2n) is 6.12. The Morgan fingerprint density at radius 2 is 1.64 bits per heavy atom.